The third-order valence-electron chi connectivity index (χ3n) is 2.06. The summed E-state index contributed by atoms with van der Waals surface area (Å²) >= 11 is 0. The Hall–Kier alpha value is -0.330. The minimum atomic E-state index is -4.26. The summed E-state index contributed by atoms with van der Waals surface area (Å²) in [6, 6.07) is 0. The standard InChI is InChI=1S/C10H20F3NO2/c1-2-3-4-14(5-7-15)6-8-16-9-10(11,12)13/h15H,2-9H2,1H3. The van der Waals surface area contributed by atoms with Crippen molar-refractivity contribution in [3.05, 3.63) is 0 Å². The van der Waals surface area contributed by atoms with Crippen LogP contribution in [-0.2, 0) is 4.74 Å². The maximum absolute atomic E-state index is 11.8. The van der Waals surface area contributed by atoms with Crippen LogP contribution in [0.25, 0.3) is 0 Å². The molecule has 0 aliphatic carbocycles. The molecule has 0 aliphatic rings. The predicted octanol–water partition coefficient (Wildman–Crippen LogP) is 1.66. The first-order chi connectivity index (χ1) is 7.49. The normalized spacial score (nSPS) is 12.4. The van der Waals surface area contributed by atoms with Crippen LogP contribution in [0.2, 0.25) is 0 Å². The van der Waals surface area contributed by atoms with Gasteiger partial charge in [-0.2, -0.15) is 13.2 Å². The van der Waals surface area contributed by atoms with E-state index in [1.807, 2.05) is 11.8 Å². The lowest BCUT2D eigenvalue weighted by Crippen LogP contribution is -2.32. The van der Waals surface area contributed by atoms with Crippen molar-refractivity contribution in [1.29, 1.82) is 0 Å². The largest absolute Gasteiger partial charge is 0.411 e. The zero-order valence-corrected chi connectivity index (χ0v) is 9.59. The molecule has 0 saturated carbocycles. The summed E-state index contributed by atoms with van der Waals surface area (Å²) in [5, 5.41) is 8.76. The van der Waals surface area contributed by atoms with Gasteiger partial charge < -0.3 is 9.84 Å². The van der Waals surface area contributed by atoms with Gasteiger partial charge in [-0.1, -0.05) is 13.3 Å². The number of aliphatic hydroxyl groups is 1. The summed E-state index contributed by atoms with van der Waals surface area (Å²) < 4.78 is 39.8. The minimum absolute atomic E-state index is 0.0169. The van der Waals surface area contributed by atoms with Crippen molar-refractivity contribution >= 4 is 0 Å². The van der Waals surface area contributed by atoms with Crippen LogP contribution in [-0.4, -0.2) is 55.6 Å². The van der Waals surface area contributed by atoms with Gasteiger partial charge in [-0.25, -0.2) is 0 Å². The number of hydrogen-bond acceptors (Lipinski definition) is 3. The number of aliphatic hydroxyl groups excluding tert-OH is 1. The van der Waals surface area contributed by atoms with Gasteiger partial charge in [0.25, 0.3) is 0 Å². The third kappa shape index (κ3) is 10.2. The quantitative estimate of drug-likeness (QED) is 0.625. The zero-order chi connectivity index (χ0) is 12.4. The topological polar surface area (TPSA) is 32.7 Å². The number of rotatable bonds is 9. The molecule has 0 aromatic rings. The van der Waals surface area contributed by atoms with E-state index in [0.717, 1.165) is 19.4 Å². The molecule has 0 aromatic heterocycles. The summed E-state index contributed by atoms with van der Waals surface area (Å²) in [6.07, 6.45) is -2.27. The van der Waals surface area contributed by atoms with Gasteiger partial charge in [0, 0.05) is 13.1 Å². The van der Waals surface area contributed by atoms with Crippen molar-refractivity contribution in [2.24, 2.45) is 0 Å². The van der Waals surface area contributed by atoms with Crippen molar-refractivity contribution in [3.8, 4) is 0 Å². The lowest BCUT2D eigenvalue weighted by atomic mass is 10.3. The molecular formula is C10H20F3NO2. The maximum atomic E-state index is 11.8. The Bertz CT molecular complexity index is 165. The molecule has 16 heavy (non-hydrogen) atoms. The Morgan fingerprint density at radius 2 is 1.88 bits per heavy atom. The highest BCUT2D eigenvalue weighted by molar-refractivity contribution is 4.57. The molecule has 6 heteroatoms. The Kier molecular flexibility index (Phi) is 8.60. The van der Waals surface area contributed by atoms with Gasteiger partial charge in [0.2, 0.25) is 0 Å². The second-order valence-electron chi connectivity index (χ2n) is 3.59. The van der Waals surface area contributed by atoms with E-state index in [1.54, 1.807) is 0 Å². The first kappa shape index (κ1) is 15.7. The summed E-state index contributed by atoms with van der Waals surface area (Å²) in [7, 11) is 0. The lowest BCUT2D eigenvalue weighted by Gasteiger charge is -2.20. The number of ether oxygens (including phenoxy) is 1. The van der Waals surface area contributed by atoms with Crippen LogP contribution in [0.4, 0.5) is 13.2 Å². The van der Waals surface area contributed by atoms with Crippen LogP contribution in [0.15, 0.2) is 0 Å². The van der Waals surface area contributed by atoms with Crippen molar-refractivity contribution in [2.45, 2.75) is 25.9 Å². The fraction of sp³-hybridized carbons (Fsp3) is 1.00. The van der Waals surface area contributed by atoms with Crippen LogP contribution >= 0.6 is 0 Å². The summed E-state index contributed by atoms with van der Waals surface area (Å²) in [6.45, 7) is 2.59. The fourth-order valence-electron chi connectivity index (χ4n) is 1.24. The van der Waals surface area contributed by atoms with Crippen LogP contribution in [0.3, 0.4) is 0 Å². The molecule has 0 unspecified atom stereocenters. The Labute approximate surface area is 94.2 Å². The first-order valence-electron chi connectivity index (χ1n) is 5.47. The van der Waals surface area contributed by atoms with Crippen LogP contribution in [0, 0.1) is 0 Å². The SMILES string of the molecule is CCCCN(CCO)CCOCC(F)(F)F. The molecule has 0 spiro atoms. The number of hydrogen-bond donors (Lipinski definition) is 1. The van der Waals surface area contributed by atoms with E-state index in [0.29, 0.717) is 13.1 Å². The smallest absolute Gasteiger partial charge is 0.395 e. The number of nitrogens with zero attached hydrogens (tertiary/aromatic N) is 1. The summed E-state index contributed by atoms with van der Waals surface area (Å²) in [5.74, 6) is 0. The lowest BCUT2D eigenvalue weighted by molar-refractivity contribution is -0.174. The minimum Gasteiger partial charge on any atom is -0.395 e. The van der Waals surface area contributed by atoms with Crippen molar-refractivity contribution in [3.63, 3.8) is 0 Å². The monoisotopic (exact) mass is 243 g/mol. The van der Waals surface area contributed by atoms with Crippen LogP contribution in [0.5, 0.6) is 0 Å². The van der Waals surface area contributed by atoms with E-state index >= 15 is 0 Å². The zero-order valence-electron chi connectivity index (χ0n) is 9.59. The average molecular weight is 243 g/mol. The molecule has 0 aromatic carbocycles. The summed E-state index contributed by atoms with van der Waals surface area (Å²) in [5.41, 5.74) is 0. The van der Waals surface area contributed by atoms with Gasteiger partial charge in [0.1, 0.15) is 6.61 Å². The van der Waals surface area contributed by atoms with E-state index in [2.05, 4.69) is 4.74 Å². The van der Waals surface area contributed by atoms with E-state index in [9.17, 15) is 13.2 Å². The molecule has 0 saturated heterocycles. The molecule has 0 rings (SSSR count). The van der Waals surface area contributed by atoms with Crippen LogP contribution < -0.4 is 0 Å². The van der Waals surface area contributed by atoms with Gasteiger partial charge in [-0.3, -0.25) is 4.90 Å². The van der Waals surface area contributed by atoms with Gasteiger partial charge in [0.05, 0.1) is 13.2 Å². The molecule has 0 bridgehead atoms. The van der Waals surface area contributed by atoms with E-state index < -0.39 is 12.8 Å². The highest BCUT2D eigenvalue weighted by atomic mass is 19.4. The fourth-order valence-corrected chi connectivity index (χ4v) is 1.24. The number of unbranched alkanes of at least 4 members (excludes halogenated alkanes) is 1. The molecule has 0 fully saturated rings. The number of alkyl halides is 3. The Morgan fingerprint density at radius 3 is 2.38 bits per heavy atom. The molecule has 0 radical (unpaired) electrons. The van der Waals surface area contributed by atoms with E-state index in [-0.39, 0.29) is 13.2 Å². The van der Waals surface area contributed by atoms with Crippen molar-refractivity contribution in [2.75, 3.05) is 39.5 Å². The van der Waals surface area contributed by atoms with Gasteiger partial charge in [-0.05, 0) is 13.0 Å². The van der Waals surface area contributed by atoms with Gasteiger partial charge in [-0.15, -0.1) is 0 Å². The van der Waals surface area contributed by atoms with Gasteiger partial charge in [0.15, 0.2) is 0 Å². The van der Waals surface area contributed by atoms with Crippen LogP contribution in [0.1, 0.15) is 19.8 Å². The Morgan fingerprint density at radius 1 is 1.19 bits per heavy atom. The van der Waals surface area contributed by atoms with Crippen molar-refractivity contribution in [1.82, 2.24) is 4.90 Å². The highest BCUT2D eigenvalue weighted by Gasteiger charge is 2.27. The highest BCUT2D eigenvalue weighted by Crippen LogP contribution is 2.14. The second-order valence-corrected chi connectivity index (χ2v) is 3.59. The third-order valence-corrected chi connectivity index (χ3v) is 2.06. The molecular weight excluding hydrogens is 223 g/mol. The molecule has 0 atom stereocenters. The molecule has 1 N–H and O–H groups in total. The van der Waals surface area contributed by atoms with E-state index in [1.165, 1.54) is 0 Å². The predicted molar refractivity (Wildman–Crippen MR) is 55.3 cm³/mol. The molecule has 0 heterocycles. The van der Waals surface area contributed by atoms with Gasteiger partial charge >= 0.3 is 6.18 Å². The van der Waals surface area contributed by atoms with E-state index in [4.69, 9.17) is 5.11 Å². The molecule has 98 valence electrons. The average Bonchev–Trinajstić information content (AvgIpc) is 2.19. The summed E-state index contributed by atoms with van der Waals surface area (Å²) in [4.78, 5) is 1.90. The number of halogens is 3. The maximum Gasteiger partial charge on any atom is 0.411 e. The Balaban J connectivity index is 3.59. The molecule has 3 nitrogen and oxygen atoms in total. The molecule has 0 amide bonds. The first-order valence-corrected chi connectivity index (χ1v) is 5.47. The molecule has 0 aliphatic heterocycles. The van der Waals surface area contributed by atoms with Crippen molar-refractivity contribution < 1.29 is 23.0 Å². The second kappa shape index (κ2) is 8.78.